The van der Waals surface area contributed by atoms with Crippen molar-refractivity contribution in [3.05, 3.63) is 29.8 Å². The fraction of sp³-hybridized carbons (Fsp3) is 0.647. The molecule has 20 heavy (non-hydrogen) atoms. The molecule has 3 nitrogen and oxygen atoms in total. The van der Waals surface area contributed by atoms with Crippen LogP contribution in [-0.2, 0) is 4.74 Å². The number of para-hydroxylation sites is 1. The molecule has 2 aliphatic heterocycles. The highest BCUT2D eigenvalue weighted by Crippen LogP contribution is 2.32. The lowest BCUT2D eigenvalue weighted by atomic mass is 10.0. The van der Waals surface area contributed by atoms with Crippen molar-refractivity contribution in [2.24, 2.45) is 0 Å². The van der Waals surface area contributed by atoms with Crippen LogP contribution < -0.4 is 4.90 Å². The third-order valence-corrected chi connectivity index (χ3v) is 4.52. The predicted octanol–water partition coefficient (Wildman–Crippen LogP) is 3.28. The lowest BCUT2D eigenvalue weighted by Crippen LogP contribution is -2.26. The summed E-state index contributed by atoms with van der Waals surface area (Å²) in [6, 6.07) is 8.32. The number of nitrogens with zero attached hydrogens (tertiary/aromatic N) is 1. The molecule has 3 heteroatoms. The van der Waals surface area contributed by atoms with Gasteiger partial charge in [0.25, 0.3) is 0 Å². The zero-order valence-corrected chi connectivity index (χ0v) is 12.1. The molecule has 2 unspecified atom stereocenters. The average Bonchev–Trinajstić information content (AvgIpc) is 2.93. The SMILES string of the molecule is OC1CCCN(CCCC2CCCO2)c2ccccc21. The molecule has 1 aromatic carbocycles. The van der Waals surface area contributed by atoms with Gasteiger partial charge in [0.05, 0.1) is 12.2 Å². The van der Waals surface area contributed by atoms with Crippen LogP contribution in [-0.4, -0.2) is 30.9 Å². The quantitative estimate of drug-likeness (QED) is 0.915. The smallest absolute Gasteiger partial charge is 0.0810 e. The van der Waals surface area contributed by atoms with Crippen LogP contribution in [0.1, 0.15) is 50.2 Å². The van der Waals surface area contributed by atoms with Gasteiger partial charge in [0.15, 0.2) is 0 Å². The summed E-state index contributed by atoms with van der Waals surface area (Å²) in [4.78, 5) is 2.44. The van der Waals surface area contributed by atoms with Gasteiger partial charge in [-0.3, -0.25) is 0 Å². The van der Waals surface area contributed by atoms with Crippen LogP contribution in [0.25, 0.3) is 0 Å². The molecule has 110 valence electrons. The van der Waals surface area contributed by atoms with Crippen molar-refractivity contribution in [1.82, 2.24) is 0 Å². The number of anilines is 1. The first kappa shape index (κ1) is 13.9. The third-order valence-electron chi connectivity index (χ3n) is 4.52. The number of ether oxygens (including phenoxy) is 1. The maximum Gasteiger partial charge on any atom is 0.0810 e. The normalized spacial score (nSPS) is 26.4. The average molecular weight is 275 g/mol. The predicted molar refractivity (Wildman–Crippen MR) is 81.1 cm³/mol. The summed E-state index contributed by atoms with van der Waals surface area (Å²) < 4.78 is 5.70. The molecule has 2 heterocycles. The van der Waals surface area contributed by atoms with Gasteiger partial charge in [0, 0.05) is 30.9 Å². The van der Waals surface area contributed by atoms with E-state index in [4.69, 9.17) is 4.74 Å². The van der Waals surface area contributed by atoms with E-state index >= 15 is 0 Å². The lowest BCUT2D eigenvalue weighted by Gasteiger charge is -2.25. The van der Waals surface area contributed by atoms with Crippen LogP contribution in [0.2, 0.25) is 0 Å². The fourth-order valence-corrected chi connectivity index (χ4v) is 3.42. The number of rotatable bonds is 4. The largest absolute Gasteiger partial charge is 0.388 e. The molecule has 1 saturated heterocycles. The molecule has 0 aromatic heterocycles. The van der Waals surface area contributed by atoms with E-state index in [-0.39, 0.29) is 6.10 Å². The van der Waals surface area contributed by atoms with Crippen LogP contribution in [0.15, 0.2) is 24.3 Å². The van der Waals surface area contributed by atoms with Gasteiger partial charge in [-0.25, -0.2) is 0 Å². The van der Waals surface area contributed by atoms with Crippen molar-refractivity contribution in [2.75, 3.05) is 24.6 Å². The first-order valence-electron chi connectivity index (χ1n) is 7.98. The van der Waals surface area contributed by atoms with Gasteiger partial charge in [-0.2, -0.15) is 0 Å². The van der Waals surface area contributed by atoms with Crippen molar-refractivity contribution >= 4 is 5.69 Å². The van der Waals surface area contributed by atoms with Crippen molar-refractivity contribution in [3.63, 3.8) is 0 Å². The monoisotopic (exact) mass is 275 g/mol. The second-order valence-electron chi connectivity index (χ2n) is 5.98. The highest BCUT2D eigenvalue weighted by Gasteiger charge is 2.21. The van der Waals surface area contributed by atoms with Gasteiger partial charge in [0.1, 0.15) is 0 Å². The number of fused-ring (bicyclic) bond motifs is 1. The Kier molecular flexibility index (Phi) is 4.58. The third kappa shape index (κ3) is 3.15. The Hall–Kier alpha value is -1.06. The summed E-state index contributed by atoms with van der Waals surface area (Å²) in [5.74, 6) is 0. The van der Waals surface area contributed by atoms with E-state index in [1.807, 2.05) is 6.07 Å². The number of benzene rings is 1. The fourth-order valence-electron chi connectivity index (χ4n) is 3.42. The molecular weight excluding hydrogens is 250 g/mol. The summed E-state index contributed by atoms with van der Waals surface area (Å²) in [6.45, 7) is 3.08. The zero-order chi connectivity index (χ0) is 13.8. The summed E-state index contributed by atoms with van der Waals surface area (Å²) in [6.07, 6.45) is 6.93. The molecule has 2 aliphatic rings. The Labute approximate surface area is 121 Å². The molecule has 0 spiro atoms. The molecule has 0 aliphatic carbocycles. The van der Waals surface area contributed by atoms with Gasteiger partial charge in [-0.05, 0) is 44.6 Å². The van der Waals surface area contributed by atoms with E-state index in [0.29, 0.717) is 6.10 Å². The van der Waals surface area contributed by atoms with E-state index in [1.54, 1.807) is 0 Å². The minimum atomic E-state index is -0.297. The number of aliphatic hydroxyl groups is 1. The molecule has 1 N–H and O–H groups in total. The van der Waals surface area contributed by atoms with Crippen LogP contribution in [0.4, 0.5) is 5.69 Å². The molecule has 2 atom stereocenters. The molecule has 0 amide bonds. The van der Waals surface area contributed by atoms with Crippen LogP contribution >= 0.6 is 0 Å². The first-order valence-corrected chi connectivity index (χ1v) is 7.98. The second kappa shape index (κ2) is 6.59. The van der Waals surface area contributed by atoms with Gasteiger partial charge >= 0.3 is 0 Å². The summed E-state index contributed by atoms with van der Waals surface area (Å²) in [5, 5.41) is 10.2. The first-order chi connectivity index (χ1) is 9.84. The van der Waals surface area contributed by atoms with Crippen LogP contribution in [0.5, 0.6) is 0 Å². The molecule has 0 radical (unpaired) electrons. The van der Waals surface area contributed by atoms with Crippen molar-refractivity contribution in [3.8, 4) is 0 Å². The highest BCUT2D eigenvalue weighted by atomic mass is 16.5. The highest BCUT2D eigenvalue weighted by molar-refractivity contribution is 5.55. The topological polar surface area (TPSA) is 32.7 Å². The van der Waals surface area contributed by atoms with E-state index in [1.165, 1.54) is 31.4 Å². The molecule has 1 aromatic rings. The Morgan fingerprint density at radius 1 is 1.20 bits per heavy atom. The van der Waals surface area contributed by atoms with Gasteiger partial charge in [0.2, 0.25) is 0 Å². The lowest BCUT2D eigenvalue weighted by molar-refractivity contribution is 0.103. The van der Waals surface area contributed by atoms with Gasteiger partial charge in [-0.1, -0.05) is 18.2 Å². The van der Waals surface area contributed by atoms with Crippen molar-refractivity contribution < 1.29 is 9.84 Å². The molecule has 3 rings (SSSR count). The van der Waals surface area contributed by atoms with Crippen molar-refractivity contribution in [1.29, 1.82) is 0 Å². The van der Waals surface area contributed by atoms with E-state index in [0.717, 1.165) is 38.1 Å². The van der Waals surface area contributed by atoms with Crippen LogP contribution in [0, 0.1) is 0 Å². The molecule has 0 saturated carbocycles. The molecular formula is C17H25NO2. The summed E-state index contributed by atoms with van der Waals surface area (Å²) >= 11 is 0. The molecule has 0 bridgehead atoms. The number of aliphatic hydroxyl groups excluding tert-OH is 1. The Balaban J connectivity index is 1.61. The Morgan fingerprint density at radius 2 is 2.10 bits per heavy atom. The minimum absolute atomic E-state index is 0.297. The van der Waals surface area contributed by atoms with Gasteiger partial charge < -0.3 is 14.7 Å². The maximum atomic E-state index is 10.2. The second-order valence-corrected chi connectivity index (χ2v) is 5.98. The zero-order valence-electron chi connectivity index (χ0n) is 12.1. The van der Waals surface area contributed by atoms with E-state index in [9.17, 15) is 5.11 Å². The summed E-state index contributed by atoms with van der Waals surface area (Å²) in [5.41, 5.74) is 2.33. The minimum Gasteiger partial charge on any atom is -0.388 e. The number of hydrogen-bond acceptors (Lipinski definition) is 3. The van der Waals surface area contributed by atoms with E-state index in [2.05, 4.69) is 23.1 Å². The Morgan fingerprint density at radius 3 is 2.95 bits per heavy atom. The standard InChI is InChI=1S/C17H25NO2/c19-17-10-4-12-18(16-9-2-1-8-15(16)17)11-3-6-14-7-5-13-20-14/h1-2,8-9,14,17,19H,3-7,10-13H2. The van der Waals surface area contributed by atoms with Crippen molar-refractivity contribution in [2.45, 2.75) is 50.7 Å². The molecule has 1 fully saturated rings. The van der Waals surface area contributed by atoms with Crippen LogP contribution in [0.3, 0.4) is 0 Å². The Bertz CT molecular complexity index is 429. The maximum absolute atomic E-state index is 10.2. The van der Waals surface area contributed by atoms with E-state index < -0.39 is 0 Å². The number of hydrogen-bond donors (Lipinski definition) is 1. The summed E-state index contributed by atoms with van der Waals surface area (Å²) in [7, 11) is 0. The van der Waals surface area contributed by atoms with Gasteiger partial charge in [-0.15, -0.1) is 0 Å².